The Balaban J connectivity index is 3.27. The van der Waals surface area contributed by atoms with Crippen molar-refractivity contribution < 1.29 is 18.0 Å². The number of benzene rings is 1. The smallest absolute Gasteiger partial charge is 0.175 e. The molecule has 0 radical (unpaired) electrons. The van der Waals surface area contributed by atoms with Gasteiger partial charge >= 0.3 is 0 Å². The van der Waals surface area contributed by atoms with Gasteiger partial charge in [0.15, 0.2) is 11.6 Å². The quantitative estimate of drug-likeness (QED) is 0.590. The van der Waals surface area contributed by atoms with Crippen LogP contribution < -0.4 is 0 Å². The van der Waals surface area contributed by atoms with Gasteiger partial charge in [-0.25, -0.2) is 13.2 Å². The van der Waals surface area contributed by atoms with Gasteiger partial charge in [0.1, 0.15) is 11.6 Å². The van der Waals surface area contributed by atoms with Crippen molar-refractivity contribution in [3.63, 3.8) is 0 Å². The minimum Gasteiger partial charge on any atom is -0.300 e. The fraction of sp³-hybridized carbons (Fsp3) is 0.300. The molecule has 0 fully saturated rings. The van der Waals surface area contributed by atoms with Crippen LogP contribution in [0.3, 0.4) is 0 Å². The van der Waals surface area contributed by atoms with Crippen molar-refractivity contribution in [3.8, 4) is 0 Å². The first kappa shape index (κ1) is 12.1. The number of hydrogen-bond acceptors (Lipinski definition) is 2. The summed E-state index contributed by atoms with van der Waals surface area (Å²) in [6, 6.07) is 0.867. The molecule has 1 aromatic rings. The average molecular weight is 234 g/mol. The van der Waals surface area contributed by atoms with Gasteiger partial charge in [0.05, 0.1) is 4.90 Å². The lowest BCUT2D eigenvalue weighted by molar-refractivity contribution is -0.116. The fourth-order valence-electron chi connectivity index (χ4n) is 1.21. The molecule has 82 valence electrons. The third kappa shape index (κ3) is 2.53. The molecule has 0 aliphatic heterocycles. The zero-order valence-corrected chi connectivity index (χ0v) is 9.05. The molecule has 0 saturated carbocycles. The maximum absolute atomic E-state index is 13.3. The Bertz CT molecular complexity index is 404. The van der Waals surface area contributed by atoms with Gasteiger partial charge in [0, 0.05) is 12.0 Å². The van der Waals surface area contributed by atoms with Crippen LogP contribution in [0.15, 0.2) is 11.0 Å². The summed E-state index contributed by atoms with van der Waals surface area (Å²) in [5.74, 6) is -3.54. The number of thioether (sulfide) groups is 1. The SMILES string of the molecule is CSc1c(F)cc(CC(C)=O)c(F)c1F. The van der Waals surface area contributed by atoms with Crippen LogP contribution in [0.4, 0.5) is 13.2 Å². The third-order valence-electron chi connectivity index (χ3n) is 1.84. The maximum atomic E-state index is 13.3. The summed E-state index contributed by atoms with van der Waals surface area (Å²) in [6.45, 7) is 1.23. The summed E-state index contributed by atoms with van der Waals surface area (Å²) in [6.07, 6.45) is 1.15. The number of Topliss-reactive ketones (excluding diaryl/α,β-unsaturated/α-hetero) is 1. The van der Waals surface area contributed by atoms with Gasteiger partial charge in [0.25, 0.3) is 0 Å². The summed E-state index contributed by atoms with van der Waals surface area (Å²) < 4.78 is 39.7. The van der Waals surface area contributed by atoms with E-state index in [-0.39, 0.29) is 22.7 Å². The van der Waals surface area contributed by atoms with E-state index in [0.29, 0.717) is 0 Å². The molecule has 0 amide bonds. The first-order valence-electron chi connectivity index (χ1n) is 4.17. The summed E-state index contributed by atoms with van der Waals surface area (Å²) in [4.78, 5) is 10.4. The van der Waals surface area contributed by atoms with Crippen molar-refractivity contribution in [1.29, 1.82) is 0 Å². The Hall–Kier alpha value is -0.970. The standard InChI is InChI=1S/C10H9F3OS/c1-5(14)3-6-4-7(11)10(15-2)9(13)8(6)12/h4H,3H2,1-2H3. The summed E-state index contributed by atoms with van der Waals surface area (Å²) in [5.41, 5.74) is -0.240. The van der Waals surface area contributed by atoms with Crippen molar-refractivity contribution >= 4 is 17.5 Å². The molecule has 0 unspecified atom stereocenters. The molecule has 0 aromatic heterocycles. The van der Waals surface area contributed by atoms with Crippen LogP contribution in [0.2, 0.25) is 0 Å². The fourth-order valence-corrected chi connectivity index (χ4v) is 1.73. The topological polar surface area (TPSA) is 17.1 Å². The molecule has 0 heterocycles. The van der Waals surface area contributed by atoms with Crippen molar-refractivity contribution in [2.24, 2.45) is 0 Å². The van der Waals surface area contributed by atoms with E-state index in [0.717, 1.165) is 17.8 Å². The number of ketones is 1. The van der Waals surface area contributed by atoms with E-state index in [1.807, 2.05) is 0 Å². The number of carbonyl (C=O) groups is 1. The van der Waals surface area contributed by atoms with Gasteiger partial charge in [-0.3, -0.25) is 4.79 Å². The van der Waals surface area contributed by atoms with Gasteiger partial charge in [-0.15, -0.1) is 11.8 Å². The number of rotatable bonds is 3. The summed E-state index contributed by atoms with van der Waals surface area (Å²) in [5, 5.41) is 0. The van der Waals surface area contributed by atoms with E-state index >= 15 is 0 Å². The maximum Gasteiger partial charge on any atom is 0.175 e. The Morgan fingerprint density at radius 2 is 1.93 bits per heavy atom. The zero-order chi connectivity index (χ0) is 11.6. The predicted molar refractivity (Wildman–Crippen MR) is 52.5 cm³/mol. The lowest BCUT2D eigenvalue weighted by Gasteiger charge is -2.06. The highest BCUT2D eigenvalue weighted by Crippen LogP contribution is 2.27. The van der Waals surface area contributed by atoms with Crippen molar-refractivity contribution in [3.05, 3.63) is 29.1 Å². The normalized spacial score (nSPS) is 10.5. The molecule has 1 nitrogen and oxygen atoms in total. The second kappa shape index (κ2) is 4.70. The van der Waals surface area contributed by atoms with E-state index in [2.05, 4.69) is 0 Å². The predicted octanol–water partition coefficient (Wildman–Crippen LogP) is 2.96. The highest BCUT2D eigenvalue weighted by Gasteiger charge is 2.18. The molecular weight excluding hydrogens is 225 g/mol. The molecule has 0 aliphatic rings. The summed E-state index contributed by atoms with van der Waals surface area (Å²) >= 11 is 0.789. The zero-order valence-electron chi connectivity index (χ0n) is 8.23. The molecule has 0 spiro atoms. The van der Waals surface area contributed by atoms with Crippen LogP contribution in [0.5, 0.6) is 0 Å². The number of carbonyl (C=O) groups excluding carboxylic acids is 1. The molecule has 15 heavy (non-hydrogen) atoms. The molecule has 5 heteroatoms. The van der Waals surface area contributed by atoms with Gasteiger partial charge in [0.2, 0.25) is 0 Å². The largest absolute Gasteiger partial charge is 0.300 e. The Labute approximate surface area is 89.7 Å². The molecule has 1 rings (SSSR count). The van der Waals surface area contributed by atoms with E-state index in [1.54, 1.807) is 0 Å². The molecule has 0 N–H and O–H groups in total. The van der Waals surface area contributed by atoms with Crippen LogP contribution in [0, 0.1) is 17.5 Å². The van der Waals surface area contributed by atoms with Crippen LogP contribution in [-0.4, -0.2) is 12.0 Å². The average Bonchev–Trinajstić information content (AvgIpc) is 2.14. The van der Waals surface area contributed by atoms with Crippen LogP contribution in [-0.2, 0) is 11.2 Å². The van der Waals surface area contributed by atoms with Crippen LogP contribution in [0.25, 0.3) is 0 Å². The van der Waals surface area contributed by atoms with Gasteiger partial charge < -0.3 is 0 Å². The van der Waals surface area contributed by atoms with Crippen molar-refractivity contribution in [2.45, 2.75) is 18.2 Å². The lowest BCUT2D eigenvalue weighted by atomic mass is 10.1. The van der Waals surface area contributed by atoms with E-state index < -0.39 is 17.5 Å². The lowest BCUT2D eigenvalue weighted by Crippen LogP contribution is -2.04. The first-order valence-corrected chi connectivity index (χ1v) is 5.39. The highest BCUT2D eigenvalue weighted by molar-refractivity contribution is 7.98. The van der Waals surface area contributed by atoms with E-state index in [4.69, 9.17) is 0 Å². The second-order valence-corrected chi connectivity index (χ2v) is 3.87. The van der Waals surface area contributed by atoms with Gasteiger partial charge in [-0.05, 0) is 19.2 Å². The van der Waals surface area contributed by atoms with E-state index in [1.165, 1.54) is 13.2 Å². The Kier molecular flexibility index (Phi) is 3.79. The minimum absolute atomic E-state index is 0.240. The third-order valence-corrected chi connectivity index (χ3v) is 2.62. The first-order chi connectivity index (χ1) is 6.97. The molecule has 0 atom stereocenters. The van der Waals surface area contributed by atoms with Gasteiger partial charge in [-0.2, -0.15) is 0 Å². The highest BCUT2D eigenvalue weighted by atomic mass is 32.2. The molecular formula is C10H9F3OS. The second-order valence-electron chi connectivity index (χ2n) is 3.06. The molecule has 1 aromatic carbocycles. The molecule has 0 aliphatic carbocycles. The number of halogens is 3. The Morgan fingerprint density at radius 3 is 2.40 bits per heavy atom. The number of hydrogen-bond donors (Lipinski definition) is 0. The Morgan fingerprint density at radius 1 is 1.33 bits per heavy atom. The van der Waals surface area contributed by atoms with Crippen LogP contribution in [0.1, 0.15) is 12.5 Å². The van der Waals surface area contributed by atoms with Crippen molar-refractivity contribution in [1.82, 2.24) is 0 Å². The van der Waals surface area contributed by atoms with Crippen molar-refractivity contribution in [2.75, 3.05) is 6.26 Å². The molecule has 0 bridgehead atoms. The van der Waals surface area contributed by atoms with Gasteiger partial charge in [-0.1, -0.05) is 0 Å². The minimum atomic E-state index is -1.22. The molecule has 0 saturated heterocycles. The monoisotopic (exact) mass is 234 g/mol. The van der Waals surface area contributed by atoms with Crippen LogP contribution >= 0.6 is 11.8 Å². The van der Waals surface area contributed by atoms with E-state index in [9.17, 15) is 18.0 Å². The summed E-state index contributed by atoms with van der Waals surface area (Å²) in [7, 11) is 0.